The van der Waals surface area contributed by atoms with Crippen LogP contribution in [0.5, 0.6) is 0 Å². The molecular weight excluding hydrogens is 595 g/mol. The van der Waals surface area contributed by atoms with Gasteiger partial charge in [-0.15, -0.1) is 0 Å². The predicted molar refractivity (Wildman–Crippen MR) is 83.0 cm³/mol. The van der Waals surface area contributed by atoms with Crippen LogP contribution in [-0.2, 0) is 17.1 Å². The smallest absolute Gasteiger partial charge is 0.418 e. The zero-order valence-corrected chi connectivity index (χ0v) is 17.1. The zero-order valence-electron chi connectivity index (χ0n) is 16.4. The lowest BCUT2D eigenvalue weighted by atomic mass is 9.70. The van der Waals surface area contributed by atoms with E-state index in [1.165, 1.54) is 0 Å². The van der Waals surface area contributed by atoms with Crippen molar-refractivity contribution in [1.82, 2.24) is 0 Å². The summed E-state index contributed by atoms with van der Waals surface area (Å²) in [4.78, 5) is 11.8. The minimum Gasteiger partial charge on any atom is -0.872 e. The van der Waals surface area contributed by atoms with Crippen molar-refractivity contribution < 1.29 is 84.5 Å². The normalized spacial score (nSPS) is 24.0. The van der Waals surface area contributed by atoms with Gasteiger partial charge in [-0.25, -0.2) is 4.39 Å². The van der Waals surface area contributed by atoms with Gasteiger partial charge < -0.3 is 5.11 Å². The van der Waals surface area contributed by atoms with Gasteiger partial charge in [-0.2, -0.15) is 70.2 Å². The number of carbonyl (C=O) groups excluding carboxylic acids is 1. The number of alkyl halides is 17. The lowest BCUT2D eigenvalue weighted by Crippen LogP contribution is -2.85. The van der Waals surface area contributed by atoms with E-state index < -0.39 is 93.0 Å². The summed E-state index contributed by atoms with van der Waals surface area (Å²) in [6.45, 7) is 0. The molecule has 37 heavy (non-hydrogen) atoms. The first-order chi connectivity index (χ1) is 16.0. The average molecular weight is 598 g/mol. The van der Waals surface area contributed by atoms with E-state index in [2.05, 4.69) is 0 Å². The summed E-state index contributed by atoms with van der Waals surface area (Å²) in [6, 6.07) is -1.19. The number of allylic oxidation sites excluding steroid dienone is 1. The minimum absolute atomic E-state index is 0.384. The van der Waals surface area contributed by atoms with Crippen LogP contribution in [0, 0.1) is 0 Å². The topological polar surface area (TPSA) is 40.1 Å². The molecular formula is C17H3ClF17O2-. The molecule has 210 valence electrons. The van der Waals surface area contributed by atoms with Crippen LogP contribution in [-0.4, -0.2) is 41.1 Å². The van der Waals surface area contributed by atoms with Gasteiger partial charge in [0.2, 0.25) is 5.78 Å². The number of ketones is 1. The van der Waals surface area contributed by atoms with Gasteiger partial charge in [-0.05, 0) is 23.8 Å². The molecule has 1 aromatic rings. The van der Waals surface area contributed by atoms with Crippen molar-refractivity contribution in [1.29, 1.82) is 0 Å². The minimum atomic E-state index is -7.73. The van der Waals surface area contributed by atoms with Gasteiger partial charge in [-0.3, -0.25) is 4.79 Å². The lowest BCUT2D eigenvalue weighted by molar-refractivity contribution is -0.475. The fraction of sp³-hybridized carbons (Fsp3) is 0.471. The Balaban J connectivity index is 2.81. The van der Waals surface area contributed by atoms with Crippen molar-refractivity contribution in [3.63, 3.8) is 0 Å². The summed E-state index contributed by atoms with van der Waals surface area (Å²) in [5.74, 6) is -45.3. The SMILES string of the molecule is O=C(/C=C(\[O-])c1cc(Cl)c(C(F)(F)F)c(C(F)(F)F)c1)C1(F)C(F)(F)C(F)(F)C(F)(F)C(F)(F)C1(F)F. The van der Waals surface area contributed by atoms with E-state index in [0.29, 0.717) is 0 Å². The number of hydrogen-bond donors (Lipinski definition) is 0. The summed E-state index contributed by atoms with van der Waals surface area (Å²) in [5, 5.41) is 9.95. The van der Waals surface area contributed by atoms with Crippen molar-refractivity contribution in [2.45, 2.75) is 47.6 Å². The second kappa shape index (κ2) is 8.02. The number of carbonyl (C=O) groups is 1. The van der Waals surface area contributed by atoms with Crippen LogP contribution in [0.2, 0.25) is 5.02 Å². The largest absolute Gasteiger partial charge is 0.872 e. The molecule has 2 rings (SSSR count). The fourth-order valence-corrected chi connectivity index (χ4v) is 3.42. The molecule has 0 spiro atoms. The van der Waals surface area contributed by atoms with E-state index >= 15 is 0 Å². The van der Waals surface area contributed by atoms with Crippen LogP contribution >= 0.6 is 11.6 Å². The highest BCUT2D eigenvalue weighted by molar-refractivity contribution is 6.31. The first-order valence-corrected chi connectivity index (χ1v) is 8.92. The molecule has 0 atom stereocenters. The molecule has 0 aromatic heterocycles. The molecule has 0 unspecified atom stereocenters. The predicted octanol–water partition coefficient (Wildman–Crippen LogP) is 6.55. The summed E-state index contributed by atoms with van der Waals surface area (Å²) in [5.41, 5.74) is -14.7. The molecule has 1 aliphatic rings. The van der Waals surface area contributed by atoms with Crippen molar-refractivity contribution >= 4 is 23.1 Å². The Hall–Kier alpha value is -2.47. The van der Waals surface area contributed by atoms with E-state index in [1.54, 1.807) is 0 Å². The Bertz CT molecular complexity index is 1120. The number of halogens is 18. The molecule has 0 saturated heterocycles. The van der Waals surface area contributed by atoms with E-state index in [0.717, 1.165) is 0 Å². The molecule has 0 N–H and O–H groups in total. The second-order valence-corrected chi connectivity index (χ2v) is 7.69. The maximum Gasteiger partial charge on any atom is 0.418 e. The van der Waals surface area contributed by atoms with Gasteiger partial charge in [0.05, 0.1) is 16.1 Å². The first kappa shape index (κ1) is 30.8. The third kappa shape index (κ3) is 3.81. The summed E-state index contributed by atoms with van der Waals surface area (Å²) >= 11 is 5.01. The Kier molecular flexibility index (Phi) is 6.66. The maximum atomic E-state index is 14.6. The number of benzene rings is 1. The molecule has 0 aliphatic heterocycles. The summed E-state index contributed by atoms with van der Waals surface area (Å²) < 4.78 is 228. The maximum absolute atomic E-state index is 14.6. The third-order valence-electron chi connectivity index (χ3n) is 5.01. The van der Waals surface area contributed by atoms with Gasteiger partial charge in [0, 0.05) is 0 Å². The second-order valence-electron chi connectivity index (χ2n) is 7.28. The van der Waals surface area contributed by atoms with Gasteiger partial charge in [0.25, 0.3) is 0 Å². The molecule has 1 fully saturated rings. The van der Waals surface area contributed by atoms with Crippen molar-refractivity contribution in [3.8, 4) is 0 Å². The van der Waals surface area contributed by atoms with Gasteiger partial charge >= 0.3 is 47.6 Å². The highest BCUT2D eigenvalue weighted by atomic mass is 35.5. The van der Waals surface area contributed by atoms with Gasteiger partial charge in [0.15, 0.2) is 0 Å². The number of rotatable bonds is 3. The molecule has 20 heteroatoms. The fourth-order valence-electron chi connectivity index (χ4n) is 3.09. The Morgan fingerprint density at radius 3 is 1.43 bits per heavy atom. The highest BCUT2D eigenvalue weighted by Gasteiger charge is 3.02. The van der Waals surface area contributed by atoms with Crippen LogP contribution in [0.1, 0.15) is 16.7 Å². The van der Waals surface area contributed by atoms with Crippen molar-refractivity contribution in [3.05, 3.63) is 39.9 Å². The lowest BCUT2D eigenvalue weighted by Gasteiger charge is -2.51. The first-order valence-electron chi connectivity index (χ1n) is 8.54. The Morgan fingerprint density at radius 2 is 1.08 bits per heavy atom. The molecule has 2 nitrogen and oxygen atoms in total. The van der Waals surface area contributed by atoms with Crippen LogP contribution in [0.3, 0.4) is 0 Å². The van der Waals surface area contributed by atoms with Crippen LogP contribution in [0.25, 0.3) is 5.76 Å². The summed E-state index contributed by atoms with van der Waals surface area (Å²) in [7, 11) is 0. The summed E-state index contributed by atoms with van der Waals surface area (Å²) in [6.07, 6.45) is -13.4. The molecule has 1 aromatic carbocycles. The van der Waals surface area contributed by atoms with E-state index in [9.17, 15) is 84.5 Å². The van der Waals surface area contributed by atoms with Crippen molar-refractivity contribution in [2.75, 3.05) is 0 Å². The molecule has 0 amide bonds. The van der Waals surface area contributed by atoms with E-state index in [1.807, 2.05) is 0 Å². The Morgan fingerprint density at radius 1 is 0.703 bits per heavy atom. The average Bonchev–Trinajstić information content (AvgIpc) is 2.69. The van der Waals surface area contributed by atoms with Crippen LogP contribution in [0.15, 0.2) is 18.2 Å². The Labute approximate surface area is 196 Å². The van der Waals surface area contributed by atoms with Crippen LogP contribution in [0.4, 0.5) is 74.6 Å². The van der Waals surface area contributed by atoms with Gasteiger partial charge in [0.1, 0.15) is 0 Å². The van der Waals surface area contributed by atoms with Crippen molar-refractivity contribution in [2.24, 2.45) is 0 Å². The molecule has 1 saturated carbocycles. The molecule has 0 radical (unpaired) electrons. The quantitative estimate of drug-likeness (QED) is 0.225. The monoisotopic (exact) mass is 597 g/mol. The standard InChI is InChI=1S/C17H4ClF17O2/c18-6-2-4(1-5(11(20,21)22)9(6)12(23,24)25)7(36)3-8(37)10(19)13(26,27)15(30,31)17(34,35)16(32,33)14(10,28)29/h1-3,36H/p-1/b7-3-. The van der Waals surface area contributed by atoms with E-state index in [-0.39, 0.29) is 6.07 Å². The molecule has 1 aliphatic carbocycles. The third-order valence-corrected chi connectivity index (χ3v) is 5.31. The zero-order chi connectivity index (χ0) is 29.6. The molecule has 0 heterocycles. The molecule has 0 bridgehead atoms. The highest BCUT2D eigenvalue weighted by Crippen LogP contribution is 2.69. The van der Waals surface area contributed by atoms with E-state index in [4.69, 9.17) is 11.6 Å². The number of hydrogen-bond acceptors (Lipinski definition) is 2. The van der Waals surface area contributed by atoms with Gasteiger partial charge in [-0.1, -0.05) is 17.4 Å². The van der Waals surface area contributed by atoms with Crippen LogP contribution < -0.4 is 5.11 Å².